The van der Waals surface area contributed by atoms with E-state index in [4.69, 9.17) is 33.3 Å². The third-order valence-corrected chi connectivity index (χ3v) is 19.3. The molecule has 5 rings (SSSR count). The molecule has 12 heteroatoms. The molecule has 4 aromatic rings. The van der Waals surface area contributed by atoms with Crippen molar-refractivity contribution in [3.8, 4) is 5.88 Å². The first-order valence-corrected chi connectivity index (χ1v) is 22.9. The van der Waals surface area contributed by atoms with Gasteiger partial charge in [0.25, 0.3) is 0 Å². The zero-order chi connectivity index (χ0) is 35.8. The molecule has 0 aliphatic carbocycles. The van der Waals surface area contributed by atoms with Gasteiger partial charge in [-0.25, -0.2) is 4.98 Å². The topological polar surface area (TPSA) is 110 Å². The van der Waals surface area contributed by atoms with Gasteiger partial charge in [0, 0.05) is 17.7 Å². The number of imidazole rings is 1. The summed E-state index contributed by atoms with van der Waals surface area (Å²) in [7, 11) is -4.17. The molecule has 0 amide bonds. The highest BCUT2D eigenvalue weighted by molar-refractivity contribution is 6.74. The lowest BCUT2D eigenvalue weighted by atomic mass is 10.1. The molecule has 0 radical (unpaired) electrons. The second-order valence-corrected chi connectivity index (χ2v) is 25.6. The Labute approximate surface area is 293 Å². The van der Waals surface area contributed by atoms with Crippen molar-refractivity contribution >= 4 is 45.2 Å². The van der Waals surface area contributed by atoms with E-state index >= 15 is 0 Å². The van der Waals surface area contributed by atoms with Crippen LogP contribution in [-0.4, -0.2) is 60.8 Å². The molecule has 0 spiro atoms. The monoisotopic (exact) mass is 703 g/mol. The van der Waals surface area contributed by atoms with Crippen molar-refractivity contribution in [1.82, 2.24) is 19.5 Å². The number of hydrogen-bond donors (Lipinski definition) is 1. The van der Waals surface area contributed by atoms with Gasteiger partial charge in [-0.2, -0.15) is 9.97 Å². The van der Waals surface area contributed by atoms with Crippen LogP contribution in [-0.2, 0) is 20.2 Å². The van der Waals surface area contributed by atoms with Gasteiger partial charge in [0.2, 0.25) is 11.8 Å². The van der Waals surface area contributed by atoms with E-state index in [0.29, 0.717) is 48.2 Å². The van der Waals surface area contributed by atoms with Crippen LogP contribution >= 0.6 is 0 Å². The average Bonchev–Trinajstić information content (AvgIpc) is 3.62. The van der Waals surface area contributed by atoms with E-state index in [1.54, 1.807) is 25.4 Å². The fraction of sp³-hybridized carbons (Fsp3) is 0.514. The Morgan fingerprint density at radius 2 is 1.59 bits per heavy atom. The molecule has 0 bridgehead atoms. The second kappa shape index (κ2) is 14.1. The highest BCUT2D eigenvalue weighted by atomic mass is 28.4. The number of rotatable bonds is 12. The van der Waals surface area contributed by atoms with Crippen molar-refractivity contribution in [3.05, 3.63) is 72.1 Å². The predicted molar refractivity (Wildman–Crippen MR) is 200 cm³/mol. The van der Waals surface area contributed by atoms with Crippen molar-refractivity contribution in [1.29, 1.82) is 0 Å². The van der Waals surface area contributed by atoms with Crippen LogP contribution in [0.5, 0.6) is 5.88 Å². The number of nitrogens with one attached hydrogen (secondary N) is 1. The number of Topliss-reactive ketones (excluding diaryl/α,β-unsaturated/α-hetero) is 1. The molecule has 49 heavy (non-hydrogen) atoms. The molecule has 1 N–H and O–H groups in total. The number of hydrogen-bond acceptors (Lipinski definition) is 9. The van der Waals surface area contributed by atoms with Crippen LogP contribution in [0.2, 0.25) is 36.3 Å². The Morgan fingerprint density at radius 3 is 2.20 bits per heavy atom. The molecule has 1 aliphatic rings. The van der Waals surface area contributed by atoms with Crippen LogP contribution in [0.15, 0.2) is 60.9 Å². The second-order valence-electron chi connectivity index (χ2n) is 16.1. The number of ketones is 1. The number of nitrogens with zero attached hydrogens (tertiary/aromatic N) is 4. The summed E-state index contributed by atoms with van der Waals surface area (Å²) in [5, 5.41) is 3.41. The Hall–Kier alpha value is -3.43. The third kappa shape index (κ3) is 8.49. The van der Waals surface area contributed by atoms with E-state index in [9.17, 15) is 4.79 Å². The highest BCUT2D eigenvalue weighted by Crippen LogP contribution is 2.43. The van der Waals surface area contributed by atoms with E-state index < -0.39 is 16.6 Å². The molecular weight excluding hydrogens is 651 g/mol. The molecule has 3 heterocycles. The lowest BCUT2D eigenvalue weighted by Crippen LogP contribution is -2.48. The standard InChI is InChI=1S/C37H53N5O5Si2/c1-25(43)27-17-19-28(20-18-27)39-35-40-33-32(34(41-35)44-22-26-15-13-12-14-16-26)38-24-42(33)31-21-29(47-49(10,11)37(5,6)7)30(46-31)23-45-48(8,9)36(2,3)4/h12-20,24,29-31H,21-23H2,1-11H3,(H,39,40,41)/t29-,30+,31+/m0/s1. The zero-order valence-electron chi connectivity index (χ0n) is 31.0. The number of carbonyl (C=O) groups is 1. The molecular formula is C37H53N5O5Si2. The van der Waals surface area contributed by atoms with E-state index in [1.807, 2.05) is 47.0 Å². The summed E-state index contributed by atoms with van der Waals surface area (Å²) in [6.07, 6.45) is 1.60. The minimum Gasteiger partial charge on any atom is -0.471 e. The third-order valence-electron chi connectivity index (χ3n) is 10.3. The highest BCUT2D eigenvalue weighted by Gasteiger charge is 2.47. The van der Waals surface area contributed by atoms with Gasteiger partial charge in [-0.15, -0.1) is 0 Å². The average molecular weight is 704 g/mol. The van der Waals surface area contributed by atoms with E-state index in [0.717, 1.165) is 11.3 Å². The number of anilines is 2. The molecule has 264 valence electrons. The quantitative estimate of drug-likeness (QED) is 0.114. The van der Waals surface area contributed by atoms with Gasteiger partial charge in [0.1, 0.15) is 18.9 Å². The maximum Gasteiger partial charge on any atom is 0.247 e. The van der Waals surface area contributed by atoms with Gasteiger partial charge in [-0.05, 0) is 73.0 Å². The first-order valence-electron chi connectivity index (χ1n) is 17.1. The van der Waals surface area contributed by atoms with Crippen LogP contribution in [0, 0.1) is 0 Å². The number of benzene rings is 2. The Bertz CT molecular complexity index is 1750. The summed E-state index contributed by atoms with van der Waals surface area (Å²) < 4.78 is 28.8. The van der Waals surface area contributed by atoms with Gasteiger partial charge in [0.05, 0.1) is 19.0 Å². The predicted octanol–water partition coefficient (Wildman–Crippen LogP) is 9.05. The summed E-state index contributed by atoms with van der Waals surface area (Å²) in [5.41, 5.74) is 3.51. The zero-order valence-corrected chi connectivity index (χ0v) is 33.0. The Morgan fingerprint density at radius 1 is 0.939 bits per heavy atom. The lowest BCUT2D eigenvalue weighted by Gasteiger charge is -2.40. The molecule has 0 unspecified atom stereocenters. The SMILES string of the molecule is CC(=O)c1ccc(Nc2nc(OCc3ccccc3)c3ncn([C@H]4C[C@H](O[Si](C)(C)C(C)(C)C)[C@@H](CO[Si](C)(C)C(C)(C)C)O4)c3n2)cc1. The lowest BCUT2D eigenvalue weighted by molar-refractivity contribution is -0.0383. The summed E-state index contributed by atoms with van der Waals surface area (Å²) in [5.74, 6) is 0.711. The van der Waals surface area contributed by atoms with Gasteiger partial charge in [-0.3, -0.25) is 9.36 Å². The van der Waals surface area contributed by atoms with Crippen molar-refractivity contribution in [2.24, 2.45) is 0 Å². The number of carbonyl (C=O) groups excluding carboxylic acids is 1. The maximum absolute atomic E-state index is 11.8. The van der Waals surface area contributed by atoms with Crippen molar-refractivity contribution < 1.29 is 23.1 Å². The number of ether oxygens (including phenoxy) is 2. The molecule has 10 nitrogen and oxygen atoms in total. The Kier molecular flexibility index (Phi) is 10.6. The molecule has 1 aliphatic heterocycles. The first-order chi connectivity index (χ1) is 22.8. The van der Waals surface area contributed by atoms with Crippen LogP contribution in [0.4, 0.5) is 11.6 Å². The maximum atomic E-state index is 11.8. The summed E-state index contributed by atoms with van der Waals surface area (Å²) in [6, 6.07) is 17.2. The molecule has 3 atom stereocenters. The van der Waals surface area contributed by atoms with Crippen LogP contribution in [0.1, 0.15) is 77.0 Å². The van der Waals surface area contributed by atoms with Gasteiger partial charge >= 0.3 is 0 Å². The summed E-state index contributed by atoms with van der Waals surface area (Å²) >= 11 is 0. The van der Waals surface area contributed by atoms with E-state index in [-0.39, 0.29) is 34.3 Å². The molecule has 2 aromatic carbocycles. The van der Waals surface area contributed by atoms with Gasteiger partial charge in [0.15, 0.2) is 33.6 Å². The van der Waals surface area contributed by atoms with Gasteiger partial charge in [-0.1, -0.05) is 71.9 Å². The van der Waals surface area contributed by atoms with Crippen molar-refractivity contribution in [3.63, 3.8) is 0 Å². The molecule has 2 aromatic heterocycles. The van der Waals surface area contributed by atoms with E-state index in [2.05, 4.69) is 73.0 Å². The largest absolute Gasteiger partial charge is 0.471 e. The molecule has 1 fully saturated rings. The van der Waals surface area contributed by atoms with Gasteiger partial charge < -0.3 is 23.6 Å². The van der Waals surface area contributed by atoms with Crippen LogP contribution < -0.4 is 10.1 Å². The van der Waals surface area contributed by atoms with Crippen LogP contribution in [0.25, 0.3) is 11.2 Å². The van der Waals surface area contributed by atoms with E-state index in [1.165, 1.54) is 0 Å². The van der Waals surface area contributed by atoms with Crippen molar-refractivity contribution in [2.75, 3.05) is 11.9 Å². The smallest absolute Gasteiger partial charge is 0.247 e. The molecule has 0 saturated carbocycles. The number of fused-ring (bicyclic) bond motifs is 1. The Balaban J connectivity index is 1.49. The van der Waals surface area contributed by atoms with Crippen molar-refractivity contribution in [2.45, 2.75) is 116 Å². The minimum atomic E-state index is -2.13. The fourth-order valence-electron chi connectivity index (χ4n) is 5.11. The summed E-state index contributed by atoms with van der Waals surface area (Å²) in [4.78, 5) is 26.2. The fourth-order valence-corrected chi connectivity index (χ4v) is 7.48. The normalized spacial score (nSPS) is 19.0. The summed E-state index contributed by atoms with van der Waals surface area (Å²) in [6.45, 7) is 24.9. The molecule has 1 saturated heterocycles. The number of aromatic nitrogens is 4. The minimum absolute atomic E-state index is 0.00476. The van der Waals surface area contributed by atoms with Crippen LogP contribution in [0.3, 0.4) is 0 Å². The first kappa shape index (κ1) is 36.8.